The Bertz CT molecular complexity index is 654. The molecule has 3 aliphatic carbocycles. The van der Waals surface area contributed by atoms with Crippen molar-refractivity contribution in [1.29, 1.82) is 0 Å². The van der Waals surface area contributed by atoms with Gasteiger partial charge < -0.3 is 19.9 Å². The van der Waals surface area contributed by atoms with Gasteiger partial charge in [0.2, 0.25) is 0 Å². The van der Waals surface area contributed by atoms with E-state index in [1.807, 2.05) is 0 Å². The first-order valence-corrected chi connectivity index (χ1v) is 13.2. The standard InChI is InChI=1S/C26H46N2O4/c1-4-20-18-22(32-23(29)27-12-13-28-14-16-31-17-15-28)7-11-25(20,3)21-6-10-24(2)8-5-9-26(24,30)19-21/h20-22,30H,4-19H2,1-3H3,(H,27,29)/t20-,21+,22+,24+,25+,26+/m1/s1. The molecule has 1 amide bonds. The van der Waals surface area contributed by atoms with Crippen LogP contribution in [-0.2, 0) is 9.47 Å². The van der Waals surface area contributed by atoms with Gasteiger partial charge in [-0.1, -0.05) is 27.2 Å². The Morgan fingerprint density at radius 2 is 1.94 bits per heavy atom. The maximum Gasteiger partial charge on any atom is 0.407 e. The van der Waals surface area contributed by atoms with E-state index in [9.17, 15) is 9.90 Å². The highest BCUT2D eigenvalue weighted by molar-refractivity contribution is 5.67. The van der Waals surface area contributed by atoms with E-state index in [1.165, 1.54) is 19.3 Å². The van der Waals surface area contributed by atoms with Crippen LogP contribution in [-0.4, -0.2) is 67.2 Å². The number of morpholine rings is 1. The molecule has 6 atom stereocenters. The number of carbonyl (C=O) groups is 1. The van der Waals surface area contributed by atoms with Crippen LogP contribution in [0, 0.1) is 22.7 Å². The molecule has 0 radical (unpaired) electrons. The number of amides is 1. The zero-order chi connectivity index (χ0) is 22.8. The van der Waals surface area contributed by atoms with Crippen LogP contribution in [0.1, 0.15) is 85.0 Å². The third-order valence-electron chi connectivity index (χ3n) is 10.1. The fourth-order valence-electron chi connectivity index (χ4n) is 7.57. The lowest BCUT2D eigenvalue weighted by atomic mass is 9.52. The second kappa shape index (κ2) is 9.79. The zero-order valence-electron chi connectivity index (χ0n) is 20.7. The van der Waals surface area contributed by atoms with Crippen LogP contribution in [0.25, 0.3) is 0 Å². The molecule has 3 saturated carbocycles. The molecule has 184 valence electrons. The van der Waals surface area contributed by atoms with Crippen LogP contribution >= 0.6 is 0 Å². The monoisotopic (exact) mass is 450 g/mol. The first-order valence-electron chi connectivity index (χ1n) is 13.2. The molecule has 1 aliphatic heterocycles. The molecule has 1 saturated heterocycles. The molecule has 4 rings (SSSR count). The van der Waals surface area contributed by atoms with Gasteiger partial charge in [0.1, 0.15) is 6.10 Å². The van der Waals surface area contributed by atoms with Gasteiger partial charge in [-0.2, -0.15) is 0 Å². The number of hydrogen-bond acceptors (Lipinski definition) is 5. The van der Waals surface area contributed by atoms with Crippen molar-refractivity contribution in [2.45, 2.75) is 96.7 Å². The van der Waals surface area contributed by atoms with E-state index < -0.39 is 5.60 Å². The van der Waals surface area contributed by atoms with Crippen LogP contribution in [0.3, 0.4) is 0 Å². The number of aliphatic hydroxyl groups is 1. The fraction of sp³-hybridized carbons (Fsp3) is 0.962. The number of ether oxygens (including phenoxy) is 2. The normalized spacial score (nSPS) is 42.9. The Hall–Kier alpha value is -0.850. The number of carbonyl (C=O) groups excluding carboxylic acids is 1. The molecule has 0 aromatic rings. The average molecular weight is 451 g/mol. The van der Waals surface area contributed by atoms with Gasteiger partial charge in [0, 0.05) is 26.2 Å². The summed E-state index contributed by atoms with van der Waals surface area (Å²) in [5.41, 5.74) is -0.104. The molecule has 6 nitrogen and oxygen atoms in total. The molecule has 0 aromatic heterocycles. The lowest BCUT2D eigenvalue weighted by molar-refractivity contribution is -0.136. The number of fused-ring (bicyclic) bond motifs is 1. The maximum absolute atomic E-state index is 12.4. The molecular formula is C26H46N2O4. The number of alkyl carbamates (subject to hydrolysis) is 1. The predicted molar refractivity (Wildman–Crippen MR) is 126 cm³/mol. The smallest absolute Gasteiger partial charge is 0.407 e. The molecule has 1 heterocycles. The van der Waals surface area contributed by atoms with Crippen LogP contribution in [0.5, 0.6) is 0 Å². The third kappa shape index (κ3) is 4.83. The Balaban J connectivity index is 1.27. The summed E-state index contributed by atoms with van der Waals surface area (Å²) in [6.45, 7) is 12.0. The summed E-state index contributed by atoms with van der Waals surface area (Å²) in [6, 6.07) is 0. The van der Waals surface area contributed by atoms with Crippen LogP contribution in [0.15, 0.2) is 0 Å². The van der Waals surface area contributed by atoms with E-state index >= 15 is 0 Å². The Kier molecular flexibility index (Phi) is 7.43. The Morgan fingerprint density at radius 3 is 2.69 bits per heavy atom. The maximum atomic E-state index is 12.4. The summed E-state index contributed by atoms with van der Waals surface area (Å²) in [5.74, 6) is 1.12. The van der Waals surface area contributed by atoms with Gasteiger partial charge in [0.05, 0.1) is 18.8 Å². The van der Waals surface area contributed by atoms with Crippen LogP contribution < -0.4 is 5.32 Å². The van der Waals surface area contributed by atoms with Gasteiger partial charge in [-0.05, 0) is 80.5 Å². The quantitative estimate of drug-likeness (QED) is 0.629. The molecule has 0 unspecified atom stereocenters. The first kappa shape index (κ1) is 24.3. The highest BCUT2D eigenvalue weighted by Crippen LogP contribution is 2.61. The summed E-state index contributed by atoms with van der Waals surface area (Å²) in [5, 5.41) is 14.5. The van der Waals surface area contributed by atoms with E-state index in [0.29, 0.717) is 18.4 Å². The van der Waals surface area contributed by atoms with Gasteiger partial charge >= 0.3 is 6.09 Å². The molecule has 4 fully saturated rings. The van der Waals surface area contributed by atoms with Crippen LogP contribution in [0.2, 0.25) is 0 Å². The van der Waals surface area contributed by atoms with Crippen molar-refractivity contribution >= 4 is 6.09 Å². The lowest BCUT2D eigenvalue weighted by Gasteiger charge is -2.55. The van der Waals surface area contributed by atoms with Crippen molar-refractivity contribution in [3.05, 3.63) is 0 Å². The van der Waals surface area contributed by atoms with Gasteiger partial charge in [-0.3, -0.25) is 4.90 Å². The summed E-state index contributed by atoms with van der Waals surface area (Å²) in [7, 11) is 0. The molecule has 0 spiro atoms. The summed E-state index contributed by atoms with van der Waals surface area (Å²) >= 11 is 0. The highest BCUT2D eigenvalue weighted by atomic mass is 16.6. The number of hydrogen-bond donors (Lipinski definition) is 2. The van der Waals surface area contributed by atoms with Crippen molar-refractivity contribution < 1.29 is 19.4 Å². The third-order valence-corrected chi connectivity index (χ3v) is 10.1. The number of nitrogens with zero attached hydrogens (tertiary/aromatic N) is 1. The average Bonchev–Trinajstić information content (AvgIpc) is 3.10. The predicted octanol–water partition coefficient (Wildman–Crippen LogP) is 4.35. The van der Waals surface area contributed by atoms with Crippen molar-refractivity contribution in [3.8, 4) is 0 Å². The molecule has 6 heteroatoms. The van der Waals surface area contributed by atoms with E-state index in [4.69, 9.17) is 9.47 Å². The fourth-order valence-corrected chi connectivity index (χ4v) is 7.57. The topological polar surface area (TPSA) is 71.0 Å². The van der Waals surface area contributed by atoms with Gasteiger partial charge in [-0.25, -0.2) is 4.79 Å². The van der Waals surface area contributed by atoms with E-state index in [1.54, 1.807) is 0 Å². The summed E-state index contributed by atoms with van der Waals surface area (Å²) in [6.07, 6.45) is 10.5. The lowest BCUT2D eigenvalue weighted by Crippen LogP contribution is -2.52. The Labute approximate surface area is 194 Å². The summed E-state index contributed by atoms with van der Waals surface area (Å²) in [4.78, 5) is 14.7. The van der Waals surface area contributed by atoms with Crippen molar-refractivity contribution in [1.82, 2.24) is 10.2 Å². The van der Waals surface area contributed by atoms with Crippen molar-refractivity contribution in [2.75, 3.05) is 39.4 Å². The highest BCUT2D eigenvalue weighted by Gasteiger charge is 2.57. The molecule has 2 N–H and O–H groups in total. The minimum atomic E-state index is -0.467. The number of nitrogens with one attached hydrogen (secondary N) is 1. The van der Waals surface area contributed by atoms with E-state index in [2.05, 4.69) is 31.0 Å². The van der Waals surface area contributed by atoms with E-state index in [-0.39, 0.29) is 23.0 Å². The molecule has 0 aromatic carbocycles. The summed E-state index contributed by atoms with van der Waals surface area (Å²) < 4.78 is 11.2. The molecular weight excluding hydrogens is 404 g/mol. The van der Waals surface area contributed by atoms with Gasteiger partial charge in [-0.15, -0.1) is 0 Å². The molecule has 32 heavy (non-hydrogen) atoms. The van der Waals surface area contributed by atoms with Crippen molar-refractivity contribution in [3.63, 3.8) is 0 Å². The van der Waals surface area contributed by atoms with Gasteiger partial charge in [0.15, 0.2) is 0 Å². The van der Waals surface area contributed by atoms with E-state index in [0.717, 1.165) is 77.8 Å². The minimum absolute atomic E-state index is 0.0137. The largest absolute Gasteiger partial charge is 0.446 e. The first-order chi connectivity index (χ1) is 15.3. The minimum Gasteiger partial charge on any atom is -0.446 e. The molecule has 0 bridgehead atoms. The van der Waals surface area contributed by atoms with Gasteiger partial charge in [0.25, 0.3) is 0 Å². The van der Waals surface area contributed by atoms with Crippen molar-refractivity contribution in [2.24, 2.45) is 22.7 Å². The Morgan fingerprint density at radius 1 is 1.16 bits per heavy atom. The second-order valence-corrected chi connectivity index (χ2v) is 11.7. The number of rotatable bonds is 6. The van der Waals surface area contributed by atoms with Crippen LogP contribution in [0.4, 0.5) is 4.79 Å². The zero-order valence-corrected chi connectivity index (χ0v) is 20.7. The molecule has 4 aliphatic rings. The SMILES string of the molecule is CC[C@@H]1C[C@@H](OC(=O)NCCN2CCOCC2)CC[C@]1(C)[C@H]1CC[C@]2(C)CCC[C@]2(O)C1. The second-order valence-electron chi connectivity index (χ2n) is 11.7.